The van der Waals surface area contributed by atoms with Crippen molar-refractivity contribution in [2.45, 2.75) is 45.9 Å². The summed E-state index contributed by atoms with van der Waals surface area (Å²) in [4.78, 5) is 26.1. The molecule has 3 rings (SSSR count). The van der Waals surface area contributed by atoms with E-state index in [4.69, 9.17) is 0 Å². The average molecular weight is 371 g/mol. The number of fused-ring (bicyclic) bond motifs is 1. The smallest absolute Gasteiger partial charge is 0.322 e. The van der Waals surface area contributed by atoms with Crippen molar-refractivity contribution in [1.82, 2.24) is 25.0 Å². The van der Waals surface area contributed by atoms with Gasteiger partial charge in [-0.25, -0.2) is 0 Å². The Morgan fingerprint density at radius 2 is 1.96 bits per heavy atom. The van der Waals surface area contributed by atoms with Crippen molar-refractivity contribution in [3.8, 4) is 0 Å². The summed E-state index contributed by atoms with van der Waals surface area (Å²) in [5.74, 6) is 0.419. The first kappa shape index (κ1) is 19.0. The number of carboxylic acids is 1. The van der Waals surface area contributed by atoms with Gasteiger partial charge in [0, 0.05) is 0 Å². The van der Waals surface area contributed by atoms with Crippen LogP contribution >= 0.6 is 0 Å². The Bertz CT molecular complexity index is 818. The first-order valence-electron chi connectivity index (χ1n) is 9.06. The van der Waals surface area contributed by atoms with Gasteiger partial charge in [-0.15, -0.1) is 10.2 Å². The van der Waals surface area contributed by atoms with Crippen molar-refractivity contribution in [1.29, 1.82) is 0 Å². The second-order valence-corrected chi connectivity index (χ2v) is 7.23. The van der Waals surface area contributed by atoms with E-state index in [2.05, 4.69) is 15.5 Å². The van der Waals surface area contributed by atoms with Gasteiger partial charge in [-0.1, -0.05) is 44.2 Å². The fourth-order valence-corrected chi connectivity index (χ4v) is 3.46. The van der Waals surface area contributed by atoms with E-state index in [0.29, 0.717) is 11.6 Å². The molecule has 1 aliphatic heterocycles. The molecule has 2 atom stereocenters. The van der Waals surface area contributed by atoms with E-state index in [0.717, 1.165) is 5.56 Å². The second kappa shape index (κ2) is 7.87. The van der Waals surface area contributed by atoms with Crippen LogP contribution in [0, 0.1) is 12.8 Å². The van der Waals surface area contributed by atoms with Crippen LogP contribution in [-0.4, -0.2) is 49.2 Å². The summed E-state index contributed by atoms with van der Waals surface area (Å²) in [5, 5.41) is 20.7. The molecule has 2 N–H and O–H groups in total. The van der Waals surface area contributed by atoms with Gasteiger partial charge in [-0.3, -0.25) is 14.5 Å². The lowest BCUT2D eigenvalue weighted by atomic mass is 9.96. The molecule has 2 aromatic rings. The minimum atomic E-state index is -0.954. The number of hydrogen-bond acceptors (Lipinski definition) is 5. The van der Waals surface area contributed by atoms with Crippen molar-refractivity contribution < 1.29 is 14.7 Å². The molecule has 27 heavy (non-hydrogen) atoms. The molecular formula is C19H25N5O3. The molecule has 0 saturated carbocycles. The van der Waals surface area contributed by atoms with Gasteiger partial charge in [0.1, 0.15) is 17.7 Å². The molecule has 8 heteroatoms. The number of carbonyl (C=O) groups excluding carboxylic acids is 1. The summed E-state index contributed by atoms with van der Waals surface area (Å²) in [6.07, 6.45) is 0. The Hall–Kier alpha value is -2.74. The van der Waals surface area contributed by atoms with Crippen LogP contribution in [0.3, 0.4) is 0 Å². The van der Waals surface area contributed by atoms with Crippen LogP contribution in [0.15, 0.2) is 30.3 Å². The molecule has 0 spiro atoms. The summed E-state index contributed by atoms with van der Waals surface area (Å²) in [7, 11) is 0. The minimum Gasteiger partial charge on any atom is -0.480 e. The van der Waals surface area contributed by atoms with Gasteiger partial charge in [0.2, 0.25) is 5.91 Å². The first-order valence-corrected chi connectivity index (χ1v) is 9.06. The second-order valence-electron chi connectivity index (χ2n) is 7.23. The van der Waals surface area contributed by atoms with E-state index < -0.39 is 12.0 Å². The fourth-order valence-electron chi connectivity index (χ4n) is 3.46. The summed E-state index contributed by atoms with van der Waals surface area (Å²) < 4.78 is 1.80. The number of aliphatic carboxylic acids is 1. The van der Waals surface area contributed by atoms with Crippen LogP contribution in [-0.2, 0) is 22.7 Å². The number of carbonyl (C=O) groups is 2. The fraction of sp³-hybridized carbons (Fsp3) is 0.474. The van der Waals surface area contributed by atoms with E-state index in [1.807, 2.05) is 44.2 Å². The zero-order valence-electron chi connectivity index (χ0n) is 15.8. The zero-order chi connectivity index (χ0) is 19.6. The normalized spacial score (nSPS) is 18.1. The summed E-state index contributed by atoms with van der Waals surface area (Å²) in [6.45, 7) is 6.41. The summed E-state index contributed by atoms with van der Waals surface area (Å²) >= 11 is 0. The number of rotatable bonds is 6. The van der Waals surface area contributed by atoms with E-state index >= 15 is 0 Å². The van der Waals surface area contributed by atoms with Crippen molar-refractivity contribution in [2.75, 3.05) is 6.54 Å². The number of aryl methyl sites for hydroxylation is 1. The number of aromatic nitrogens is 3. The van der Waals surface area contributed by atoms with Crippen LogP contribution in [0.25, 0.3) is 0 Å². The Labute approximate surface area is 158 Å². The number of hydrogen-bond donors (Lipinski definition) is 2. The van der Waals surface area contributed by atoms with Crippen molar-refractivity contribution >= 4 is 11.9 Å². The molecule has 1 aliphatic rings. The van der Waals surface area contributed by atoms with Crippen molar-refractivity contribution in [3.05, 3.63) is 47.5 Å². The molecule has 1 aromatic heterocycles. The lowest BCUT2D eigenvalue weighted by Gasteiger charge is -2.33. The number of carboxylic acid groups (broad SMARTS) is 1. The molecule has 0 bridgehead atoms. The highest BCUT2D eigenvalue weighted by molar-refractivity contribution is 5.80. The van der Waals surface area contributed by atoms with E-state index in [1.165, 1.54) is 0 Å². The predicted molar refractivity (Wildman–Crippen MR) is 98.8 cm³/mol. The molecule has 144 valence electrons. The van der Waals surface area contributed by atoms with Gasteiger partial charge >= 0.3 is 5.97 Å². The predicted octanol–water partition coefficient (Wildman–Crippen LogP) is 1.37. The number of amides is 1. The van der Waals surface area contributed by atoms with Crippen LogP contribution in [0.2, 0.25) is 0 Å². The number of nitrogens with zero attached hydrogens (tertiary/aromatic N) is 4. The highest BCUT2D eigenvalue weighted by Crippen LogP contribution is 2.22. The molecule has 0 radical (unpaired) electrons. The SMILES string of the molecule is Cc1nnc2n1CC(C(=O)O)N(CC(=O)NC(c1ccccc1)C(C)C)C2. The molecule has 2 heterocycles. The Kier molecular flexibility index (Phi) is 5.55. The maximum Gasteiger partial charge on any atom is 0.322 e. The Morgan fingerprint density at radius 3 is 2.59 bits per heavy atom. The largest absolute Gasteiger partial charge is 0.480 e. The Morgan fingerprint density at radius 1 is 1.26 bits per heavy atom. The summed E-state index contributed by atoms with van der Waals surface area (Å²) in [5.41, 5.74) is 1.03. The monoisotopic (exact) mass is 371 g/mol. The number of benzene rings is 1. The van der Waals surface area contributed by atoms with Gasteiger partial charge in [0.15, 0.2) is 0 Å². The third-order valence-electron chi connectivity index (χ3n) is 4.93. The van der Waals surface area contributed by atoms with E-state index in [9.17, 15) is 14.7 Å². The van der Waals surface area contributed by atoms with Crippen LogP contribution < -0.4 is 5.32 Å². The topological polar surface area (TPSA) is 100 Å². The number of nitrogens with one attached hydrogen (secondary N) is 1. The Balaban J connectivity index is 1.73. The van der Waals surface area contributed by atoms with Crippen molar-refractivity contribution in [2.24, 2.45) is 5.92 Å². The van der Waals surface area contributed by atoms with Gasteiger partial charge in [-0.05, 0) is 18.4 Å². The van der Waals surface area contributed by atoms with E-state index in [1.54, 1.807) is 16.4 Å². The van der Waals surface area contributed by atoms with Gasteiger partial charge in [0.25, 0.3) is 0 Å². The lowest BCUT2D eigenvalue weighted by Crippen LogP contribution is -2.51. The lowest BCUT2D eigenvalue weighted by molar-refractivity contribution is -0.145. The molecule has 1 amide bonds. The molecule has 0 fully saturated rings. The van der Waals surface area contributed by atoms with Crippen LogP contribution in [0.1, 0.15) is 37.1 Å². The zero-order valence-corrected chi connectivity index (χ0v) is 15.8. The van der Waals surface area contributed by atoms with E-state index in [-0.39, 0.29) is 37.5 Å². The van der Waals surface area contributed by atoms with Gasteiger partial charge in [0.05, 0.1) is 25.7 Å². The van der Waals surface area contributed by atoms with Crippen molar-refractivity contribution in [3.63, 3.8) is 0 Å². The van der Waals surface area contributed by atoms with Gasteiger partial charge in [-0.2, -0.15) is 0 Å². The molecule has 1 aromatic carbocycles. The first-order chi connectivity index (χ1) is 12.9. The average Bonchev–Trinajstić information content (AvgIpc) is 2.99. The van der Waals surface area contributed by atoms with Crippen LogP contribution in [0.4, 0.5) is 0 Å². The molecule has 8 nitrogen and oxygen atoms in total. The maximum absolute atomic E-state index is 12.7. The molecular weight excluding hydrogens is 346 g/mol. The highest BCUT2D eigenvalue weighted by atomic mass is 16.4. The summed E-state index contributed by atoms with van der Waals surface area (Å²) in [6, 6.07) is 8.87. The third-order valence-corrected chi connectivity index (χ3v) is 4.93. The minimum absolute atomic E-state index is 0.00106. The maximum atomic E-state index is 12.7. The standard InChI is InChI=1S/C19H25N5O3/c1-12(2)18(14-7-5-4-6-8-14)20-17(25)11-23-10-16-22-21-13(3)24(16)9-15(23)19(26)27/h4-8,12,15,18H,9-11H2,1-3H3,(H,20,25)(H,26,27). The van der Waals surface area contributed by atoms with Gasteiger partial charge < -0.3 is 15.0 Å². The quantitative estimate of drug-likeness (QED) is 0.795. The molecule has 0 aliphatic carbocycles. The van der Waals surface area contributed by atoms with Crippen LogP contribution in [0.5, 0.6) is 0 Å². The molecule has 2 unspecified atom stereocenters. The third kappa shape index (κ3) is 4.16. The molecule has 0 saturated heterocycles. The highest BCUT2D eigenvalue weighted by Gasteiger charge is 2.34.